The zero-order valence-electron chi connectivity index (χ0n) is 11.2. The molecule has 0 spiro atoms. The quantitative estimate of drug-likeness (QED) is 0.505. The largest absolute Gasteiger partial charge is 0.495 e. The molecule has 1 aliphatic heterocycles. The van der Waals surface area contributed by atoms with Crippen molar-refractivity contribution in [3.63, 3.8) is 0 Å². The lowest BCUT2D eigenvalue weighted by Gasteiger charge is -2.16. The summed E-state index contributed by atoms with van der Waals surface area (Å²) in [6, 6.07) is 4.97. The topological polar surface area (TPSA) is 72.6 Å². The maximum atomic E-state index is 12.4. The maximum Gasteiger partial charge on any atom is 0.238 e. The van der Waals surface area contributed by atoms with Gasteiger partial charge in [0.15, 0.2) is 0 Å². The minimum atomic E-state index is -0.226. The fraction of sp³-hybridized carbons (Fsp3) is 0.333. The van der Waals surface area contributed by atoms with E-state index in [0.717, 1.165) is 0 Å². The SMILES string of the molecule is COc1ccc(N2C(=O)C3CC=CCC3C2=O)cc1N. The van der Waals surface area contributed by atoms with Crippen molar-refractivity contribution >= 4 is 23.2 Å². The standard InChI is InChI=1S/C15H16N2O3/c1-20-13-7-6-9(8-12(13)16)17-14(18)10-4-2-3-5-11(10)15(17)19/h2-3,6-8,10-11H,4-5,16H2,1H3. The molecule has 5 nitrogen and oxygen atoms in total. The molecular weight excluding hydrogens is 256 g/mol. The highest BCUT2D eigenvalue weighted by Gasteiger charge is 2.47. The summed E-state index contributed by atoms with van der Waals surface area (Å²) in [4.78, 5) is 26.1. The van der Waals surface area contributed by atoms with Gasteiger partial charge < -0.3 is 10.5 Å². The second kappa shape index (κ2) is 4.67. The van der Waals surface area contributed by atoms with Crippen LogP contribution in [0.5, 0.6) is 5.75 Å². The van der Waals surface area contributed by atoms with Gasteiger partial charge in [0.05, 0.1) is 30.3 Å². The van der Waals surface area contributed by atoms with Crippen LogP contribution in [0.15, 0.2) is 30.4 Å². The van der Waals surface area contributed by atoms with E-state index in [9.17, 15) is 9.59 Å². The molecule has 2 atom stereocenters. The number of benzene rings is 1. The van der Waals surface area contributed by atoms with Gasteiger partial charge in [0.2, 0.25) is 11.8 Å². The number of imide groups is 1. The van der Waals surface area contributed by atoms with Crippen LogP contribution in [0.4, 0.5) is 11.4 Å². The predicted octanol–water partition coefficient (Wildman–Crippen LogP) is 1.73. The van der Waals surface area contributed by atoms with Gasteiger partial charge in [-0.25, -0.2) is 4.90 Å². The Morgan fingerprint density at radius 1 is 1.15 bits per heavy atom. The lowest BCUT2D eigenvalue weighted by atomic mass is 9.85. The van der Waals surface area contributed by atoms with Crippen LogP contribution in [0.2, 0.25) is 0 Å². The van der Waals surface area contributed by atoms with E-state index < -0.39 is 0 Å². The van der Waals surface area contributed by atoms with Gasteiger partial charge in [-0.1, -0.05) is 12.2 Å². The van der Waals surface area contributed by atoms with E-state index in [-0.39, 0.29) is 23.7 Å². The van der Waals surface area contributed by atoms with Gasteiger partial charge in [-0.15, -0.1) is 0 Å². The molecule has 2 amide bonds. The predicted molar refractivity (Wildman–Crippen MR) is 75.3 cm³/mol. The summed E-state index contributed by atoms with van der Waals surface area (Å²) < 4.78 is 5.09. The molecule has 1 aromatic carbocycles. The van der Waals surface area contributed by atoms with Crippen molar-refractivity contribution in [1.29, 1.82) is 0 Å². The summed E-state index contributed by atoms with van der Waals surface area (Å²) in [5.74, 6) is -0.179. The van der Waals surface area contributed by atoms with Crippen molar-refractivity contribution in [2.45, 2.75) is 12.8 Å². The molecule has 1 aliphatic carbocycles. The Hall–Kier alpha value is -2.30. The van der Waals surface area contributed by atoms with Gasteiger partial charge in [-0.3, -0.25) is 9.59 Å². The average Bonchev–Trinajstić information content (AvgIpc) is 2.71. The van der Waals surface area contributed by atoms with Crippen LogP contribution in [0.3, 0.4) is 0 Å². The number of amides is 2. The molecule has 5 heteroatoms. The Balaban J connectivity index is 1.96. The number of hydrogen-bond acceptors (Lipinski definition) is 4. The first-order valence-corrected chi connectivity index (χ1v) is 6.60. The summed E-state index contributed by atoms with van der Waals surface area (Å²) in [5, 5.41) is 0. The van der Waals surface area contributed by atoms with Gasteiger partial charge in [0.25, 0.3) is 0 Å². The van der Waals surface area contributed by atoms with Gasteiger partial charge >= 0.3 is 0 Å². The number of ether oxygens (including phenoxy) is 1. The first-order chi connectivity index (χ1) is 9.63. The Morgan fingerprint density at radius 2 is 1.75 bits per heavy atom. The molecule has 104 valence electrons. The zero-order chi connectivity index (χ0) is 14.3. The first kappa shape index (κ1) is 12.7. The molecular formula is C15H16N2O3. The highest BCUT2D eigenvalue weighted by atomic mass is 16.5. The third kappa shape index (κ3) is 1.78. The van der Waals surface area contributed by atoms with Crippen LogP contribution in [0.25, 0.3) is 0 Å². The lowest BCUT2D eigenvalue weighted by Crippen LogP contribution is -2.30. The lowest BCUT2D eigenvalue weighted by molar-refractivity contribution is -0.122. The van der Waals surface area contributed by atoms with Gasteiger partial charge in [-0.2, -0.15) is 0 Å². The molecule has 3 rings (SSSR count). The second-order valence-electron chi connectivity index (χ2n) is 5.09. The number of nitrogens with zero attached hydrogens (tertiary/aromatic N) is 1. The highest BCUT2D eigenvalue weighted by Crippen LogP contribution is 2.38. The minimum Gasteiger partial charge on any atom is -0.495 e. The minimum absolute atomic E-state index is 0.131. The Labute approximate surface area is 117 Å². The number of methoxy groups -OCH3 is 1. The third-order valence-electron chi connectivity index (χ3n) is 3.98. The van der Waals surface area contributed by atoms with Crippen LogP contribution in [0, 0.1) is 11.8 Å². The zero-order valence-corrected chi connectivity index (χ0v) is 11.2. The van der Waals surface area contributed by atoms with E-state index in [1.54, 1.807) is 18.2 Å². The number of allylic oxidation sites excluding steroid dienone is 2. The summed E-state index contributed by atoms with van der Waals surface area (Å²) in [7, 11) is 1.53. The van der Waals surface area contributed by atoms with Crippen LogP contribution in [-0.4, -0.2) is 18.9 Å². The van der Waals surface area contributed by atoms with E-state index >= 15 is 0 Å². The maximum absolute atomic E-state index is 12.4. The summed E-state index contributed by atoms with van der Waals surface area (Å²) in [5.41, 5.74) is 6.79. The first-order valence-electron chi connectivity index (χ1n) is 6.60. The Kier molecular flexibility index (Phi) is 2.97. The van der Waals surface area contributed by atoms with Gasteiger partial charge in [0.1, 0.15) is 5.75 Å². The average molecular weight is 272 g/mol. The van der Waals surface area contributed by atoms with E-state index in [2.05, 4.69) is 0 Å². The number of carbonyl (C=O) groups excluding carboxylic acids is 2. The molecule has 1 fully saturated rings. The number of rotatable bonds is 2. The normalized spacial score (nSPS) is 24.9. The molecule has 2 unspecified atom stereocenters. The molecule has 0 aromatic heterocycles. The molecule has 2 N–H and O–H groups in total. The third-order valence-corrected chi connectivity index (χ3v) is 3.98. The summed E-state index contributed by atoms with van der Waals surface area (Å²) in [6.07, 6.45) is 5.21. The van der Waals surface area contributed by atoms with Crippen molar-refractivity contribution in [3.8, 4) is 5.75 Å². The van der Waals surface area contributed by atoms with E-state index in [4.69, 9.17) is 10.5 Å². The number of nitrogen functional groups attached to an aromatic ring is 1. The van der Waals surface area contributed by atoms with Gasteiger partial charge in [0, 0.05) is 0 Å². The molecule has 2 aliphatic rings. The van der Waals surface area contributed by atoms with Gasteiger partial charge in [-0.05, 0) is 31.0 Å². The summed E-state index contributed by atoms with van der Waals surface area (Å²) in [6.45, 7) is 0. The second-order valence-corrected chi connectivity index (χ2v) is 5.09. The molecule has 1 aromatic rings. The van der Waals surface area contributed by atoms with Crippen molar-refractivity contribution < 1.29 is 14.3 Å². The molecule has 0 saturated carbocycles. The van der Waals surface area contributed by atoms with Crippen LogP contribution < -0.4 is 15.4 Å². The molecule has 1 saturated heterocycles. The number of fused-ring (bicyclic) bond motifs is 1. The monoisotopic (exact) mass is 272 g/mol. The van der Waals surface area contributed by atoms with E-state index in [1.807, 2.05) is 12.2 Å². The van der Waals surface area contributed by atoms with E-state index in [1.165, 1.54) is 12.0 Å². The summed E-state index contributed by atoms with van der Waals surface area (Å²) >= 11 is 0. The number of anilines is 2. The molecule has 1 heterocycles. The van der Waals surface area contributed by atoms with E-state index in [0.29, 0.717) is 30.0 Å². The Bertz CT molecular complexity index is 583. The number of hydrogen-bond donors (Lipinski definition) is 1. The number of carbonyl (C=O) groups is 2. The van der Waals surface area contributed by atoms with Crippen LogP contribution in [0.1, 0.15) is 12.8 Å². The van der Waals surface area contributed by atoms with Crippen molar-refractivity contribution in [1.82, 2.24) is 0 Å². The van der Waals surface area contributed by atoms with Crippen LogP contribution in [-0.2, 0) is 9.59 Å². The van der Waals surface area contributed by atoms with Crippen molar-refractivity contribution in [2.24, 2.45) is 11.8 Å². The molecule has 0 radical (unpaired) electrons. The molecule has 20 heavy (non-hydrogen) atoms. The molecule has 0 bridgehead atoms. The van der Waals surface area contributed by atoms with Crippen LogP contribution >= 0.6 is 0 Å². The smallest absolute Gasteiger partial charge is 0.238 e. The van der Waals surface area contributed by atoms with Crippen molar-refractivity contribution in [3.05, 3.63) is 30.4 Å². The van der Waals surface area contributed by atoms with Crippen molar-refractivity contribution in [2.75, 3.05) is 17.7 Å². The highest BCUT2D eigenvalue weighted by molar-refractivity contribution is 6.22. The fourth-order valence-electron chi connectivity index (χ4n) is 2.92. The fourth-order valence-corrected chi connectivity index (χ4v) is 2.92. The number of nitrogens with two attached hydrogens (primary N) is 1. The Morgan fingerprint density at radius 3 is 2.25 bits per heavy atom.